The summed E-state index contributed by atoms with van der Waals surface area (Å²) >= 11 is 0. The zero-order valence-electron chi connectivity index (χ0n) is 9.96. The summed E-state index contributed by atoms with van der Waals surface area (Å²) in [5.41, 5.74) is 2.77. The second-order valence-electron chi connectivity index (χ2n) is 4.36. The number of hydrogen-bond acceptors (Lipinski definition) is 2. The van der Waals surface area contributed by atoms with Crippen molar-refractivity contribution in [2.24, 2.45) is 0 Å². The number of rotatable bonds is 4. The van der Waals surface area contributed by atoms with E-state index >= 15 is 0 Å². The fraction of sp³-hybridized carbons (Fsp3) is 0.417. The lowest BCUT2D eigenvalue weighted by atomic mass is 10.1. The molecule has 0 atom stereocenters. The summed E-state index contributed by atoms with van der Waals surface area (Å²) in [7, 11) is 1.47. The van der Waals surface area contributed by atoms with E-state index in [1.54, 1.807) is 6.33 Å². The highest BCUT2D eigenvalue weighted by atomic mass is 19.4. The summed E-state index contributed by atoms with van der Waals surface area (Å²) in [6, 6.07) is 5.68. The molecule has 18 heavy (non-hydrogen) atoms. The predicted octanol–water partition coefficient (Wildman–Crippen LogP) is 2.60. The molecule has 1 N–H and O–H groups in total. The van der Waals surface area contributed by atoms with Crippen molar-refractivity contribution < 1.29 is 13.2 Å². The summed E-state index contributed by atoms with van der Waals surface area (Å²) in [6.45, 7) is -0.502. The number of halogens is 3. The van der Waals surface area contributed by atoms with Crippen LogP contribution in [-0.2, 0) is 6.42 Å². The van der Waals surface area contributed by atoms with Gasteiger partial charge in [-0.25, -0.2) is 4.98 Å². The van der Waals surface area contributed by atoms with Crippen molar-refractivity contribution in [3.8, 4) is 0 Å². The Balaban J connectivity index is 1.93. The molecule has 1 aromatic heterocycles. The number of imidazole rings is 1. The van der Waals surface area contributed by atoms with Crippen LogP contribution in [0.1, 0.15) is 5.56 Å². The van der Waals surface area contributed by atoms with E-state index in [0.717, 1.165) is 16.6 Å². The average Bonchev–Trinajstić information content (AvgIpc) is 2.71. The molecule has 0 saturated carbocycles. The zero-order chi connectivity index (χ0) is 13.2. The molecule has 0 bridgehead atoms. The van der Waals surface area contributed by atoms with E-state index < -0.39 is 12.7 Å². The number of hydrogen-bond donors (Lipinski definition) is 1. The largest absolute Gasteiger partial charge is 0.401 e. The molecular weight excluding hydrogens is 243 g/mol. The molecule has 0 aliphatic carbocycles. The molecule has 6 heteroatoms. The predicted molar refractivity (Wildman–Crippen MR) is 63.3 cm³/mol. The second-order valence-corrected chi connectivity index (χ2v) is 4.36. The lowest BCUT2D eigenvalue weighted by molar-refractivity contribution is -0.142. The summed E-state index contributed by atoms with van der Waals surface area (Å²) in [6.07, 6.45) is -1.95. The van der Waals surface area contributed by atoms with Crippen LogP contribution in [0, 0.1) is 0 Å². The third-order valence-electron chi connectivity index (χ3n) is 2.72. The van der Waals surface area contributed by atoms with E-state index in [2.05, 4.69) is 9.97 Å². The van der Waals surface area contributed by atoms with Crippen LogP contribution in [0.5, 0.6) is 0 Å². The first-order chi connectivity index (χ1) is 8.44. The minimum absolute atomic E-state index is 0.374. The Bertz CT molecular complexity index is 519. The number of alkyl halides is 3. The Labute approximate surface area is 103 Å². The van der Waals surface area contributed by atoms with Crippen LogP contribution in [0.2, 0.25) is 0 Å². The molecule has 0 unspecified atom stereocenters. The van der Waals surface area contributed by atoms with Crippen LogP contribution in [0.4, 0.5) is 13.2 Å². The SMILES string of the molecule is CN(CCc1ccc2nc[nH]c2c1)CC(F)(F)F. The van der Waals surface area contributed by atoms with Gasteiger partial charge in [0.2, 0.25) is 0 Å². The van der Waals surface area contributed by atoms with Gasteiger partial charge in [0, 0.05) is 6.54 Å². The van der Waals surface area contributed by atoms with E-state index in [4.69, 9.17) is 0 Å². The van der Waals surface area contributed by atoms with E-state index in [-0.39, 0.29) is 0 Å². The van der Waals surface area contributed by atoms with Gasteiger partial charge in [-0.15, -0.1) is 0 Å². The van der Waals surface area contributed by atoms with Gasteiger partial charge in [0.25, 0.3) is 0 Å². The molecule has 98 valence electrons. The van der Waals surface area contributed by atoms with Gasteiger partial charge < -0.3 is 4.98 Å². The van der Waals surface area contributed by atoms with Crippen LogP contribution in [0.3, 0.4) is 0 Å². The zero-order valence-corrected chi connectivity index (χ0v) is 9.96. The molecule has 0 amide bonds. The first kappa shape index (κ1) is 12.9. The molecular formula is C12H14F3N3. The third-order valence-corrected chi connectivity index (χ3v) is 2.72. The fourth-order valence-corrected chi connectivity index (χ4v) is 1.84. The molecule has 0 spiro atoms. The number of fused-ring (bicyclic) bond motifs is 1. The van der Waals surface area contributed by atoms with Gasteiger partial charge in [-0.1, -0.05) is 6.07 Å². The van der Waals surface area contributed by atoms with Crippen molar-refractivity contribution >= 4 is 11.0 Å². The maximum absolute atomic E-state index is 12.1. The van der Waals surface area contributed by atoms with Gasteiger partial charge in [0.1, 0.15) is 0 Å². The molecule has 0 radical (unpaired) electrons. The van der Waals surface area contributed by atoms with E-state index in [9.17, 15) is 13.2 Å². The second kappa shape index (κ2) is 4.97. The van der Waals surface area contributed by atoms with Gasteiger partial charge in [-0.3, -0.25) is 4.90 Å². The van der Waals surface area contributed by atoms with Crippen molar-refractivity contribution in [1.82, 2.24) is 14.9 Å². The molecule has 1 aromatic carbocycles. The number of aromatic amines is 1. The van der Waals surface area contributed by atoms with Crippen molar-refractivity contribution in [3.05, 3.63) is 30.1 Å². The van der Waals surface area contributed by atoms with Crippen molar-refractivity contribution in [1.29, 1.82) is 0 Å². The maximum Gasteiger partial charge on any atom is 0.401 e. The topological polar surface area (TPSA) is 31.9 Å². The lowest BCUT2D eigenvalue weighted by Gasteiger charge is -2.18. The fourth-order valence-electron chi connectivity index (χ4n) is 1.84. The monoisotopic (exact) mass is 257 g/mol. The molecule has 0 aliphatic rings. The number of H-pyrrole nitrogens is 1. The van der Waals surface area contributed by atoms with Crippen LogP contribution in [-0.4, -0.2) is 41.2 Å². The third kappa shape index (κ3) is 3.46. The van der Waals surface area contributed by atoms with Gasteiger partial charge in [-0.05, 0) is 31.2 Å². The number of benzene rings is 1. The number of aromatic nitrogens is 2. The van der Waals surface area contributed by atoms with Crippen LogP contribution in [0.15, 0.2) is 24.5 Å². The minimum atomic E-state index is -4.14. The molecule has 2 aromatic rings. The summed E-state index contributed by atoms with van der Waals surface area (Å²) in [4.78, 5) is 8.34. The van der Waals surface area contributed by atoms with Crippen LogP contribution in [0.25, 0.3) is 11.0 Å². The molecule has 2 rings (SSSR count). The molecule has 1 heterocycles. The maximum atomic E-state index is 12.1. The number of likely N-dealkylation sites (N-methyl/N-ethyl adjacent to an activating group) is 1. The molecule has 0 saturated heterocycles. The highest BCUT2D eigenvalue weighted by molar-refractivity contribution is 5.75. The average molecular weight is 257 g/mol. The Morgan fingerprint density at radius 2 is 2.11 bits per heavy atom. The first-order valence-corrected chi connectivity index (χ1v) is 5.61. The van der Waals surface area contributed by atoms with E-state index in [1.165, 1.54) is 11.9 Å². The van der Waals surface area contributed by atoms with Crippen molar-refractivity contribution in [2.75, 3.05) is 20.1 Å². The van der Waals surface area contributed by atoms with Gasteiger partial charge in [-0.2, -0.15) is 13.2 Å². The van der Waals surface area contributed by atoms with Gasteiger partial charge >= 0.3 is 6.18 Å². The molecule has 0 aliphatic heterocycles. The van der Waals surface area contributed by atoms with Gasteiger partial charge in [0.15, 0.2) is 0 Å². The van der Waals surface area contributed by atoms with Crippen LogP contribution < -0.4 is 0 Å². The van der Waals surface area contributed by atoms with Gasteiger partial charge in [0.05, 0.1) is 23.9 Å². The van der Waals surface area contributed by atoms with E-state index in [1.807, 2.05) is 18.2 Å². The first-order valence-electron chi connectivity index (χ1n) is 5.61. The Hall–Kier alpha value is -1.56. The highest BCUT2D eigenvalue weighted by Crippen LogP contribution is 2.16. The molecule has 3 nitrogen and oxygen atoms in total. The highest BCUT2D eigenvalue weighted by Gasteiger charge is 2.28. The Morgan fingerprint density at radius 1 is 1.33 bits per heavy atom. The Morgan fingerprint density at radius 3 is 2.83 bits per heavy atom. The van der Waals surface area contributed by atoms with Crippen LogP contribution >= 0.6 is 0 Å². The molecule has 0 fully saturated rings. The number of nitrogens with zero attached hydrogens (tertiary/aromatic N) is 2. The Kier molecular flexibility index (Phi) is 3.56. The van der Waals surface area contributed by atoms with Crippen molar-refractivity contribution in [3.63, 3.8) is 0 Å². The quantitative estimate of drug-likeness (QED) is 0.913. The van der Waals surface area contributed by atoms with Crippen molar-refractivity contribution in [2.45, 2.75) is 12.6 Å². The smallest absolute Gasteiger partial charge is 0.345 e. The summed E-state index contributed by atoms with van der Waals surface area (Å²) in [5.74, 6) is 0. The normalized spacial score (nSPS) is 12.5. The summed E-state index contributed by atoms with van der Waals surface area (Å²) in [5, 5.41) is 0. The lowest BCUT2D eigenvalue weighted by Crippen LogP contribution is -2.32. The number of nitrogens with one attached hydrogen (secondary N) is 1. The summed E-state index contributed by atoms with van der Waals surface area (Å²) < 4.78 is 36.4. The standard InChI is InChI=1S/C12H14F3N3/c1-18(7-12(13,14)15)5-4-9-2-3-10-11(6-9)17-8-16-10/h2-3,6,8H,4-5,7H2,1H3,(H,16,17). The van der Waals surface area contributed by atoms with E-state index in [0.29, 0.717) is 13.0 Å². The minimum Gasteiger partial charge on any atom is -0.345 e.